The maximum Gasteiger partial charge on any atom is 0.0733 e. The summed E-state index contributed by atoms with van der Waals surface area (Å²) in [5.41, 5.74) is 0. The third kappa shape index (κ3) is 1.53. The molecule has 4 bridgehead atoms. The molecule has 0 radical (unpaired) electrons. The van der Waals surface area contributed by atoms with Crippen molar-refractivity contribution in [2.75, 3.05) is 6.54 Å². The van der Waals surface area contributed by atoms with Crippen molar-refractivity contribution in [2.24, 2.45) is 17.8 Å². The van der Waals surface area contributed by atoms with Crippen molar-refractivity contribution in [1.29, 1.82) is 0 Å². The Morgan fingerprint density at radius 2 is 2.00 bits per heavy atom. The molecule has 2 saturated carbocycles. The van der Waals surface area contributed by atoms with Gasteiger partial charge in [-0.2, -0.15) is 0 Å². The number of nitrogens with one attached hydrogen (secondary N) is 1. The van der Waals surface area contributed by atoms with E-state index in [2.05, 4.69) is 5.32 Å². The zero-order valence-electron chi connectivity index (χ0n) is 10.0. The van der Waals surface area contributed by atoms with Crippen LogP contribution in [0.15, 0.2) is 0 Å². The van der Waals surface area contributed by atoms with Gasteiger partial charge in [-0.25, -0.2) is 0 Å². The molecule has 4 aliphatic rings. The van der Waals surface area contributed by atoms with E-state index in [1.807, 2.05) is 0 Å². The molecule has 16 heavy (non-hydrogen) atoms. The van der Waals surface area contributed by atoms with Gasteiger partial charge in [0.15, 0.2) is 0 Å². The van der Waals surface area contributed by atoms with Crippen LogP contribution in [-0.4, -0.2) is 24.8 Å². The fourth-order valence-corrected chi connectivity index (χ4v) is 4.78. The van der Waals surface area contributed by atoms with E-state index in [1.54, 1.807) is 6.42 Å². The predicted molar refractivity (Wildman–Crippen MR) is 63.2 cm³/mol. The summed E-state index contributed by atoms with van der Waals surface area (Å²) in [6, 6.07) is 0.692. The fourth-order valence-electron chi connectivity index (χ4n) is 4.78. The molecule has 2 saturated heterocycles. The molecule has 4 fully saturated rings. The number of fused-ring (bicyclic) bond motifs is 4. The summed E-state index contributed by atoms with van der Waals surface area (Å²) in [6.07, 6.45) is 11.2. The minimum Gasteiger partial charge on any atom is -0.373 e. The molecule has 0 aromatic carbocycles. The van der Waals surface area contributed by atoms with Crippen LogP contribution >= 0.6 is 0 Å². The van der Waals surface area contributed by atoms with E-state index in [-0.39, 0.29) is 0 Å². The Kier molecular flexibility index (Phi) is 2.29. The predicted octanol–water partition coefficient (Wildman–Crippen LogP) is 2.33. The van der Waals surface area contributed by atoms with Gasteiger partial charge in [-0.05, 0) is 62.8 Å². The van der Waals surface area contributed by atoms with Crippen LogP contribution in [0.2, 0.25) is 0 Å². The van der Waals surface area contributed by atoms with Crippen LogP contribution in [-0.2, 0) is 4.74 Å². The molecule has 2 heterocycles. The molecule has 2 aliphatic carbocycles. The van der Waals surface area contributed by atoms with Crippen LogP contribution in [0.5, 0.6) is 0 Å². The topological polar surface area (TPSA) is 21.3 Å². The third-order valence-corrected chi connectivity index (χ3v) is 5.63. The third-order valence-electron chi connectivity index (χ3n) is 5.63. The van der Waals surface area contributed by atoms with E-state index in [4.69, 9.17) is 4.74 Å². The van der Waals surface area contributed by atoms with Crippen LogP contribution in [0.25, 0.3) is 0 Å². The van der Waals surface area contributed by atoms with Gasteiger partial charge in [0.2, 0.25) is 0 Å². The smallest absolute Gasteiger partial charge is 0.0733 e. The van der Waals surface area contributed by atoms with Gasteiger partial charge in [-0.1, -0.05) is 6.42 Å². The molecule has 2 heteroatoms. The van der Waals surface area contributed by atoms with Crippen LogP contribution in [0, 0.1) is 17.8 Å². The Morgan fingerprint density at radius 1 is 1.00 bits per heavy atom. The summed E-state index contributed by atoms with van der Waals surface area (Å²) in [4.78, 5) is 0. The first-order valence-electron chi connectivity index (χ1n) is 7.27. The first kappa shape index (κ1) is 9.90. The van der Waals surface area contributed by atoms with Crippen molar-refractivity contribution in [1.82, 2.24) is 5.32 Å². The quantitative estimate of drug-likeness (QED) is 0.790. The standard InChI is InChI=1S/C14H23NO/c1-2-10-5-9(1)6-11(10)8-15-13-7-12-3-4-14(13)16-12/h9-15H,1-8H2. The number of hydrogen-bond donors (Lipinski definition) is 1. The molecule has 90 valence electrons. The average Bonchev–Trinajstić information content (AvgIpc) is 3.05. The van der Waals surface area contributed by atoms with Gasteiger partial charge in [0.25, 0.3) is 0 Å². The van der Waals surface area contributed by atoms with Gasteiger partial charge in [-0.15, -0.1) is 0 Å². The Balaban J connectivity index is 1.30. The lowest BCUT2D eigenvalue weighted by atomic mass is 9.88. The lowest BCUT2D eigenvalue weighted by molar-refractivity contribution is 0.0965. The van der Waals surface area contributed by atoms with Crippen LogP contribution in [0.3, 0.4) is 0 Å². The minimum absolute atomic E-state index is 0.559. The van der Waals surface area contributed by atoms with Crippen molar-refractivity contribution in [3.8, 4) is 0 Å². The summed E-state index contributed by atoms with van der Waals surface area (Å²) in [7, 11) is 0. The first-order valence-corrected chi connectivity index (χ1v) is 7.27. The van der Waals surface area contributed by atoms with Gasteiger partial charge in [0, 0.05) is 6.04 Å². The second-order valence-corrected chi connectivity index (χ2v) is 6.56. The zero-order valence-corrected chi connectivity index (χ0v) is 10.0. The summed E-state index contributed by atoms with van der Waals surface area (Å²) < 4.78 is 5.90. The van der Waals surface area contributed by atoms with Gasteiger partial charge in [0.05, 0.1) is 12.2 Å². The molecular formula is C14H23NO. The summed E-state index contributed by atoms with van der Waals surface area (Å²) >= 11 is 0. The number of hydrogen-bond acceptors (Lipinski definition) is 2. The van der Waals surface area contributed by atoms with Crippen LogP contribution < -0.4 is 5.32 Å². The van der Waals surface area contributed by atoms with Crippen molar-refractivity contribution in [2.45, 2.75) is 63.2 Å². The van der Waals surface area contributed by atoms with Crippen molar-refractivity contribution >= 4 is 0 Å². The van der Waals surface area contributed by atoms with Gasteiger partial charge < -0.3 is 10.1 Å². The molecule has 0 aromatic heterocycles. The van der Waals surface area contributed by atoms with Crippen LogP contribution in [0.4, 0.5) is 0 Å². The molecule has 1 N–H and O–H groups in total. The molecule has 2 nitrogen and oxygen atoms in total. The summed E-state index contributed by atoms with van der Waals surface area (Å²) in [5.74, 6) is 3.16. The Bertz CT molecular complexity index is 252. The highest BCUT2D eigenvalue weighted by atomic mass is 16.5. The number of rotatable bonds is 3. The Labute approximate surface area is 98.1 Å². The number of ether oxygens (including phenoxy) is 1. The monoisotopic (exact) mass is 221 g/mol. The SMILES string of the molecule is C1CC2CC1CC2CNC1CC2CCC1O2. The lowest BCUT2D eigenvalue weighted by Gasteiger charge is -2.26. The normalized spacial score (nSPS) is 54.0. The van der Waals surface area contributed by atoms with E-state index in [1.165, 1.54) is 45.1 Å². The molecule has 6 unspecified atom stereocenters. The Morgan fingerprint density at radius 3 is 2.62 bits per heavy atom. The van der Waals surface area contributed by atoms with E-state index in [9.17, 15) is 0 Å². The molecule has 6 atom stereocenters. The second-order valence-electron chi connectivity index (χ2n) is 6.56. The van der Waals surface area contributed by atoms with Gasteiger partial charge >= 0.3 is 0 Å². The summed E-state index contributed by atoms with van der Waals surface area (Å²) in [5, 5.41) is 3.81. The van der Waals surface area contributed by atoms with Crippen molar-refractivity contribution in [3.63, 3.8) is 0 Å². The average molecular weight is 221 g/mol. The maximum absolute atomic E-state index is 5.90. The van der Waals surface area contributed by atoms with Gasteiger partial charge in [0.1, 0.15) is 0 Å². The molecule has 0 spiro atoms. The zero-order chi connectivity index (χ0) is 10.5. The van der Waals surface area contributed by atoms with Crippen molar-refractivity contribution < 1.29 is 4.74 Å². The maximum atomic E-state index is 5.90. The van der Waals surface area contributed by atoms with Crippen LogP contribution in [0.1, 0.15) is 44.9 Å². The second kappa shape index (κ2) is 3.71. The molecule has 0 amide bonds. The highest BCUT2D eigenvalue weighted by Gasteiger charge is 2.43. The van der Waals surface area contributed by atoms with Gasteiger partial charge in [-0.3, -0.25) is 0 Å². The lowest BCUT2D eigenvalue weighted by Crippen LogP contribution is -2.41. The summed E-state index contributed by atoms with van der Waals surface area (Å²) in [6.45, 7) is 1.28. The molecular weight excluding hydrogens is 198 g/mol. The van der Waals surface area contributed by atoms with E-state index in [0.29, 0.717) is 18.2 Å². The van der Waals surface area contributed by atoms with E-state index in [0.717, 1.165) is 17.8 Å². The molecule has 2 aliphatic heterocycles. The Hall–Kier alpha value is -0.0800. The van der Waals surface area contributed by atoms with Crippen molar-refractivity contribution in [3.05, 3.63) is 0 Å². The molecule has 4 rings (SSSR count). The highest BCUT2D eigenvalue weighted by molar-refractivity contribution is 4.96. The highest BCUT2D eigenvalue weighted by Crippen LogP contribution is 2.48. The molecule has 0 aromatic rings. The largest absolute Gasteiger partial charge is 0.373 e. The van der Waals surface area contributed by atoms with E-state index < -0.39 is 0 Å². The minimum atomic E-state index is 0.559. The van der Waals surface area contributed by atoms with E-state index >= 15 is 0 Å². The fraction of sp³-hybridized carbons (Fsp3) is 1.00. The first-order chi connectivity index (χ1) is 7.88.